The Bertz CT molecular complexity index is 534. The highest BCUT2D eigenvalue weighted by Crippen LogP contribution is 2.21. The van der Waals surface area contributed by atoms with Gasteiger partial charge < -0.3 is 14.6 Å². The van der Waals surface area contributed by atoms with Crippen LogP contribution < -0.4 is 5.32 Å². The van der Waals surface area contributed by atoms with Gasteiger partial charge in [-0.05, 0) is 30.0 Å². The van der Waals surface area contributed by atoms with Crippen molar-refractivity contribution in [1.82, 2.24) is 9.55 Å². The Kier molecular flexibility index (Phi) is 5.18. The Hall–Kier alpha value is -1.81. The summed E-state index contributed by atoms with van der Waals surface area (Å²) in [6.45, 7) is 6.07. The van der Waals surface area contributed by atoms with Gasteiger partial charge in [0.05, 0.1) is 0 Å². The van der Waals surface area contributed by atoms with Gasteiger partial charge >= 0.3 is 0 Å². The van der Waals surface area contributed by atoms with Crippen molar-refractivity contribution in [1.29, 1.82) is 0 Å². The lowest BCUT2D eigenvalue weighted by atomic mass is 10.0. The third-order valence-electron chi connectivity index (χ3n) is 3.27. The molecule has 1 N–H and O–H groups in total. The number of rotatable bonds is 7. The summed E-state index contributed by atoms with van der Waals surface area (Å²) >= 11 is 0. The van der Waals surface area contributed by atoms with Crippen molar-refractivity contribution in [3.63, 3.8) is 0 Å². The summed E-state index contributed by atoms with van der Waals surface area (Å²) in [4.78, 5) is 4.38. The largest absolute Gasteiger partial charge is 0.385 e. The highest BCUT2D eigenvalue weighted by atomic mass is 16.5. The van der Waals surface area contributed by atoms with Gasteiger partial charge in [0.15, 0.2) is 0 Å². The van der Waals surface area contributed by atoms with Gasteiger partial charge in [-0.3, -0.25) is 0 Å². The van der Waals surface area contributed by atoms with E-state index in [0.717, 1.165) is 31.2 Å². The minimum Gasteiger partial charge on any atom is -0.385 e. The fourth-order valence-electron chi connectivity index (χ4n) is 2.10. The van der Waals surface area contributed by atoms with Crippen LogP contribution in [-0.2, 0) is 11.3 Å². The second-order valence-corrected chi connectivity index (χ2v) is 5.20. The molecule has 0 aliphatic heterocycles. The summed E-state index contributed by atoms with van der Waals surface area (Å²) in [7, 11) is 1.73. The zero-order valence-electron chi connectivity index (χ0n) is 12.5. The molecule has 0 atom stereocenters. The first-order valence-electron chi connectivity index (χ1n) is 7.07. The van der Waals surface area contributed by atoms with Gasteiger partial charge in [0, 0.05) is 38.3 Å². The van der Waals surface area contributed by atoms with E-state index in [0.29, 0.717) is 5.92 Å². The number of hydrogen-bond acceptors (Lipinski definition) is 3. The molecule has 108 valence electrons. The minimum atomic E-state index is 0.526. The van der Waals surface area contributed by atoms with E-state index in [9.17, 15) is 0 Å². The third kappa shape index (κ3) is 3.84. The standard InChI is InChI=1S/C16H23N3O/c1-13(2)14-6-4-7-15(12-14)18-16-17-8-10-19(16)9-5-11-20-3/h4,6-8,10,12-13H,5,9,11H2,1-3H3,(H,17,18). The molecule has 2 aromatic rings. The van der Waals surface area contributed by atoms with Gasteiger partial charge in [-0.15, -0.1) is 0 Å². The van der Waals surface area contributed by atoms with Crippen LogP contribution in [0.4, 0.5) is 11.6 Å². The van der Waals surface area contributed by atoms with Crippen molar-refractivity contribution in [3.05, 3.63) is 42.2 Å². The van der Waals surface area contributed by atoms with E-state index in [1.165, 1.54) is 5.56 Å². The van der Waals surface area contributed by atoms with Gasteiger partial charge in [0.25, 0.3) is 0 Å². The molecule has 1 heterocycles. The number of anilines is 2. The maximum Gasteiger partial charge on any atom is 0.207 e. The maximum absolute atomic E-state index is 5.09. The first-order valence-corrected chi connectivity index (χ1v) is 7.07. The van der Waals surface area contributed by atoms with Gasteiger partial charge in [-0.1, -0.05) is 26.0 Å². The molecule has 0 bridgehead atoms. The predicted octanol–water partition coefficient (Wildman–Crippen LogP) is 3.79. The van der Waals surface area contributed by atoms with Crippen LogP contribution in [0.1, 0.15) is 31.7 Å². The summed E-state index contributed by atoms with van der Waals surface area (Å²) in [5, 5.41) is 3.39. The molecule has 0 amide bonds. The van der Waals surface area contributed by atoms with Crippen molar-refractivity contribution < 1.29 is 4.74 Å². The van der Waals surface area contributed by atoms with E-state index >= 15 is 0 Å². The molecule has 0 aliphatic rings. The van der Waals surface area contributed by atoms with Gasteiger partial charge in [0.2, 0.25) is 5.95 Å². The Morgan fingerprint density at radius 2 is 2.20 bits per heavy atom. The van der Waals surface area contributed by atoms with Crippen LogP contribution in [0.25, 0.3) is 0 Å². The van der Waals surface area contributed by atoms with Crippen LogP contribution in [-0.4, -0.2) is 23.3 Å². The fraction of sp³-hybridized carbons (Fsp3) is 0.438. The number of aryl methyl sites for hydroxylation is 1. The Labute approximate surface area is 120 Å². The van der Waals surface area contributed by atoms with Crippen LogP contribution in [0.15, 0.2) is 36.7 Å². The first-order chi connectivity index (χ1) is 9.70. The first kappa shape index (κ1) is 14.6. The lowest BCUT2D eigenvalue weighted by Crippen LogP contribution is -2.05. The SMILES string of the molecule is COCCCn1ccnc1Nc1cccc(C(C)C)c1. The molecule has 0 fully saturated rings. The second kappa shape index (κ2) is 7.10. The number of imidazole rings is 1. The number of aromatic nitrogens is 2. The lowest BCUT2D eigenvalue weighted by molar-refractivity contribution is 0.190. The summed E-state index contributed by atoms with van der Waals surface area (Å²) in [6, 6.07) is 8.48. The van der Waals surface area contributed by atoms with Gasteiger partial charge in [0.1, 0.15) is 0 Å². The molecule has 1 aromatic heterocycles. The van der Waals surface area contributed by atoms with Crippen molar-refractivity contribution in [2.45, 2.75) is 32.7 Å². The molecule has 1 aromatic carbocycles. The number of ether oxygens (including phenoxy) is 1. The number of nitrogens with one attached hydrogen (secondary N) is 1. The zero-order chi connectivity index (χ0) is 14.4. The third-order valence-corrected chi connectivity index (χ3v) is 3.27. The fourth-order valence-corrected chi connectivity index (χ4v) is 2.10. The van der Waals surface area contributed by atoms with E-state index in [1.54, 1.807) is 7.11 Å². The van der Waals surface area contributed by atoms with Crippen molar-refractivity contribution in [2.75, 3.05) is 19.0 Å². The van der Waals surface area contributed by atoms with E-state index in [1.807, 2.05) is 12.4 Å². The molecule has 4 heteroatoms. The van der Waals surface area contributed by atoms with Crippen molar-refractivity contribution in [3.8, 4) is 0 Å². The van der Waals surface area contributed by atoms with Crippen LogP contribution in [0.5, 0.6) is 0 Å². The Morgan fingerprint density at radius 3 is 2.95 bits per heavy atom. The number of methoxy groups -OCH3 is 1. The average Bonchev–Trinajstić information content (AvgIpc) is 2.87. The van der Waals surface area contributed by atoms with Crippen LogP contribution >= 0.6 is 0 Å². The van der Waals surface area contributed by atoms with E-state index in [4.69, 9.17) is 4.74 Å². The zero-order valence-corrected chi connectivity index (χ0v) is 12.5. The van der Waals surface area contributed by atoms with Crippen LogP contribution in [0, 0.1) is 0 Å². The van der Waals surface area contributed by atoms with Gasteiger partial charge in [-0.2, -0.15) is 0 Å². The quantitative estimate of drug-likeness (QED) is 0.780. The molecule has 2 rings (SSSR count). The van der Waals surface area contributed by atoms with E-state index in [2.05, 4.69) is 53.0 Å². The molecule has 0 saturated heterocycles. The van der Waals surface area contributed by atoms with Crippen molar-refractivity contribution in [2.24, 2.45) is 0 Å². The highest BCUT2D eigenvalue weighted by Gasteiger charge is 2.05. The van der Waals surface area contributed by atoms with Crippen LogP contribution in [0.2, 0.25) is 0 Å². The topological polar surface area (TPSA) is 39.1 Å². The Balaban J connectivity index is 2.06. The smallest absolute Gasteiger partial charge is 0.207 e. The van der Waals surface area contributed by atoms with E-state index in [-0.39, 0.29) is 0 Å². The predicted molar refractivity (Wildman–Crippen MR) is 82.5 cm³/mol. The summed E-state index contributed by atoms with van der Waals surface area (Å²) in [5.74, 6) is 1.40. The van der Waals surface area contributed by atoms with Crippen molar-refractivity contribution >= 4 is 11.6 Å². The Morgan fingerprint density at radius 1 is 1.35 bits per heavy atom. The molecule has 0 spiro atoms. The maximum atomic E-state index is 5.09. The molecule has 20 heavy (non-hydrogen) atoms. The number of nitrogens with zero attached hydrogens (tertiary/aromatic N) is 2. The normalized spacial score (nSPS) is 11.0. The number of benzene rings is 1. The highest BCUT2D eigenvalue weighted by molar-refractivity contribution is 5.55. The summed E-state index contributed by atoms with van der Waals surface area (Å²) in [5.41, 5.74) is 2.41. The average molecular weight is 273 g/mol. The van der Waals surface area contributed by atoms with Gasteiger partial charge in [-0.25, -0.2) is 4.98 Å². The minimum absolute atomic E-state index is 0.526. The molecular formula is C16H23N3O. The monoisotopic (exact) mass is 273 g/mol. The molecule has 0 aliphatic carbocycles. The molecule has 0 unspecified atom stereocenters. The second-order valence-electron chi connectivity index (χ2n) is 5.20. The lowest BCUT2D eigenvalue weighted by Gasteiger charge is -2.12. The molecular weight excluding hydrogens is 250 g/mol. The van der Waals surface area contributed by atoms with Crippen LogP contribution in [0.3, 0.4) is 0 Å². The van der Waals surface area contributed by atoms with E-state index < -0.39 is 0 Å². The number of hydrogen-bond donors (Lipinski definition) is 1. The molecule has 0 saturated carbocycles. The molecule has 4 nitrogen and oxygen atoms in total. The molecule has 0 radical (unpaired) electrons. The summed E-state index contributed by atoms with van der Waals surface area (Å²) < 4.78 is 7.20. The summed E-state index contributed by atoms with van der Waals surface area (Å²) in [6.07, 6.45) is 4.79.